The number of anilines is 1. The lowest BCUT2D eigenvalue weighted by Gasteiger charge is -2.37. The molecule has 0 saturated carbocycles. The lowest BCUT2D eigenvalue weighted by Crippen LogP contribution is -2.52. The Bertz CT molecular complexity index is 523. The molecular weight excluding hydrogens is 449 g/mol. The molecule has 142 valence electrons. The highest BCUT2D eigenvalue weighted by atomic mass is 127. The summed E-state index contributed by atoms with van der Waals surface area (Å²) in [6, 6.07) is 0.453. The van der Waals surface area contributed by atoms with E-state index in [0.717, 1.165) is 64.0 Å². The molecule has 0 aromatic carbocycles. The van der Waals surface area contributed by atoms with Gasteiger partial charge in [-0.05, 0) is 14.0 Å². The molecule has 1 aromatic heterocycles. The van der Waals surface area contributed by atoms with Crippen LogP contribution in [0.4, 0.5) is 5.13 Å². The van der Waals surface area contributed by atoms with Crippen LogP contribution in [0, 0.1) is 0 Å². The second kappa shape index (κ2) is 9.89. The van der Waals surface area contributed by atoms with Crippen molar-refractivity contribution >= 4 is 46.4 Å². The van der Waals surface area contributed by atoms with Gasteiger partial charge in [-0.2, -0.15) is 0 Å². The van der Waals surface area contributed by atoms with Crippen molar-refractivity contribution in [3.8, 4) is 0 Å². The van der Waals surface area contributed by atoms with Crippen LogP contribution in [0.5, 0.6) is 0 Å². The minimum Gasteiger partial charge on any atom is -0.370 e. The number of hydrogen-bond donors (Lipinski definition) is 1. The van der Waals surface area contributed by atoms with Crippen molar-refractivity contribution in [1.29, 1.82) is 0 Å². The van der Waals surface area contributed by atoms with Gasteiger partial charge in [0, 0.05) is 70.0 Å². The quantitative estimate of drug-likeness (QED) is 0.392. The summed E-state index contributed by atoms with van der Waals surface area (Å²) in [5.41, 5.74) is 6.23. The maximum atomic E-state index is 6.23. The Hall–Kier alpha value is -0.650. The number of hydrogen-bond acceptors (Lipinski definition) is 6. The summed E-state index contributed by atoms with van der Waals surface area (Å²) >= 11 is 1.70. The molecule has 0 radical (unpaired) electrons. The molecule has 1 aromatic rings. The van der Waals surface area contributed by atoms with Crippen molar-refractivity contribution in [2.75, 3.05) is 70.9 Å². The van der Waals surface area contributed by atoms with E-state index in [1.54, 1.807) is 11.3 Å². The van der Waals surface area contributed by atoms with Crippen LogP contribution in [0.15, 0.2) is 16.6 Å². The zero-order chi connectivity index (χ0) is 16.9. The second-order valence-corrected chi connectivity index (χ2v) is 7.55. The molecule has 3 heterocycles. The standard InChI is InChI=1S/C16H29N7S.HI/c1-14(21-6-4-20(2)5-7-21)13-19-15(17)22-8-10-23(11-9-22)16-18-3-12-24-16;/h3,12,14H,4-11,13H2,1-2H3,(H2,17,19);1H. The fraction of sp³-hybridized carbons (Fsp3) is 0.750. The number of rotatable bonds is 4. The summed E-state index contributed by atoms with van der Waals surface area (Å²) in [5.74, 6) is 0.690. The topological polar surface area (TPSA) is 64.2 Å². The fourth-order valence-electron chi connectivity index (χ4n) is 3.20. The highest BCUT2D eigenvalue weighted by molar-refractivity contribution is 14.0. The third-order valence-electron chi connectivity index (χ3n) is 4.97. The normalized spacial score (nSPS) is 21.9. The molecule has 0 amide bonds. The second-order valence-electron chi connectivity index (χ2n) is 6.68. The van der Waals surface area contributed by atoms with Crippen LogP contribution in [-0.2, 0) is 0 Å². The predicted molar refractivity (Wildman–Crippen MR) is 116 cm³/mol. The van der Waals surface area contributed by atoms with Crippen LogP contribution < -0.4 is 10.6 Å². The van der Waals surface area contributed by atoms with Gasteiger partial charge in [0.1, 0.15) is 0 Å². The number of halogens is 1. The van der Waals surface area contributed by atoms with Gasteiger partial charge in [0.05, 0.1) is 6.54 Å². The van der Waals surface area contributed by atoms with E-state index in [2.05, 4.69) is 43.5 Å². The zero-order valence-electron chi connectivity index (χ0n) is 15.2. The molecule has 25 heavy (non-hydrogen) atoms. The Labute approximate surface area is 171 Å². The summed E-state index contributed by atoms with van der Waals surface area (Å²) in [5, 5.41) is 3.13. The number of likely N-dealkylation sites (N-methyl/N-ethyl adjacent to an activating group) is 1. The van der Waals surface area contributed by atoms with Crippen molar-refractivity contribution in [2.24, 2.45) is 10.7 Å². The van der Waals surface area contributed by atoms with Gasteiger partial charge in [-0.25, -0.2) is 4.98 Å². The molecule has 2 fully saturated rings. The summed E-state index contributed by atoms with van der Waals surface area (Å²) in [4.78, 5) is 18.5. The first-order valence-corrected chi connectivity index (χ1v) is 9.63. The molecule has 0 bridgehead atoms. The molecule has 2 saturated heterocycles. The van der Waals surface area contributed by atoms with Gasteiger partial charge in [-0.15, -0.1) is 35.3 Å². The molecule has 1 atom stereocenters. The van der Waals surface area contributed by atoms with Crippen molar-refractivity contribution in [2.45, 2.75) is 13.0 Å². The minimum atomic E-state index is 0. The van der Waals surface area contributed by atoms with Crippen LogP contribution in [0.2, 0.25) is 0 Å². The van der Waals surface area contributed by atoms with E-state index in [4.69, 9.17) is 5.73 Å². The van der Waals surface area contributed by atoms with E-state index in [9.17, 15) is 0 Å². The monoisotopic (exact) mass is 479 g/mol. The zero-order valence-corrected chi connectivity index (χ0v) is 18.3. The van der Waals surface area contributed by atoms with Gasteiger partial charge in [0.25, 0.3) is 0 Å². The highest BCUT2D eigenvalue weighted by Gasteiger charge is 2.21. The molecule has 9 heteroatoms. The van der Waals surface area contributed by atoms with Crippen LogP contribution in [-0.4, -0.2) is 97.6 Å². The van der Waals surface area contributed by atoms with Gasteiger partial charge in [-0.1, -0.05) is 0 Å². The summed E-state index contributed by atoms with van der Waals surface area (Å²) in [6.07, 6.45) is 1.86. The Morgan fingerprint density at radius 1 is 1.20 bits per heavy atom. The Balaban J connectivity index is 0.00000225. The number of piperazine rings is 2. The van der Waals surface area contributed by atoms with E-state index in [1.807, 2.05) is 11.6 Å². The van der Waals surface area contributed by atoms with Gasteiger partial charge in [0.15, 0.2) is 11.1 Å². The molecule has 7 nitrogen and oxygen atoms in total. The highest BCUT2D eigenvalue weighted by Crippen LogP contribution is 2.18. The number of aliphatic imine (C=N–C) groups is 1. The number of guanidine groups is 1. The largest absolute Gasteiger partial charge is 0.370 e. The molecule has 0 spiro atoms. The molecule has 3 rings (SSSR count). The lowest BCUT2D eigenvalue weighted by molar-refractivity contribution is 0.122. The van der Waals surface area contributed by atoms with Crippen LogP contribution in [0.3, 0.4) is 0 Å². The average Bonchev–Trinajstić information content (AvgIpc) is 3.15. The first-order chi connectivity index (χ1) is 11.6. The maximum absolute atomic E-state index is 6.23. The third kappa shape index (κ3) is 5.66. The maximum Gasteiger partial charge on any atom is 0.191 e. The molecule has 0 aliphatic carbocycles. The van der Waals surface area contributed by atoms with Crippen LogP contribution in [0.1, 0.15) is 6.92 Å². The van der Waals surface area contributed by atoms with Crippen molar-refractivity contribution < 1.29 is 0 Å². The number of nitrogens with two attached hydrogens (primary N) is 1. The Morgan fingerprint density at radius 2 is 1.88 bits per heavy atom. The molecule has 2 N–H and O–H groups in total. The Kier molecular flexibility index (Phi) is 8.17. The third-order valence-corrected chi connectivity index (χ3v) is 5.80. The lowest BCUT2D eigenvalue weighted by atomic mass is 10.2. The minimum absolute atomic E-state index is 0. The summed E-state index contributed by atoms with van der Waals surface area (Å²) in [7, 11) is 2.18. The van der Waals surface area contributed by atoms with Gasteiger partial charge in [0.2, 0.25) is 0 Å². The van der Waals surface area contributed by atoms with E-state index >= 15 is 0 Å². The van der Waals surface area contributed by atoms with Crippen molar-refractivity contribution in [1.82, 2.24) is 19.7 Å². The first kappa shape index (κ1) is 20.7. The number of thiazole rings is 1. The average molecular weight is 479 g/mol. The van der Waals surface area contributed by atoms with E-state index in [0.29, 0.717) is 12.0 Å². The van der Waals surface area contributed by atoms with Gasteiger partial charge >= 0.3 is 0 Å². The van der Waals surface area contributed by atoms with E-state index < -0.39 is 0 Å². The van der Waals surface area contributed by atoms with E-state index in [-0.39, 0.29) is 24.0 Å². The van der Waals surface area contributed by atoms with Gasteiger partial charge < -0.3 is 20.4 Å². The van der Waals surface area contributed by atoms with Crippen molar-refractivity contribution in [3.63, 3.8) is 0 Å². The smallest absolute Gasteiger partial charge is 0.191 e. The molecule has 2 aliphatic rings. The number of aromatic nitrogens is 1. The van der Waals surface area contributed by atoms with Crippen molar-refractivity contribution in [3.05, 3.63) is 11.6 Å². The summed E-state index contributed by atoms with van der Waals surface area (Å²) < 4.78 is 0. The van der Waals surface area contributed by atoms with Crippen LogP contribution >= 0.6 is 35.3 Å². The molecule has 2 aliphatic heterocycles. The first-order valence-electron chi connectivity index (χ1n) is 8.75. The molecule has 1 unspecified atom stereocenters. The SMILES string of the molecule is CC(CN=C(N)N1CCN(c2nccs2)CC1)N1CCN(C)CC1.I. The fourth-order valence-corrected chi connectivity index (χ4v) is 3.90. The summed E-state index contributed by atoms with van der Waals surface area (Å²) in [6.45, 7) is 11.3. The number of nitrogens with zero attached hydrogens (tertiary/aromatic N) is 6. The van der Waals surface area contributed by atoms with E-state index in [1.165, 1.54) is 0 Å². The predicted octanol–water partition coefficient (Wildman–Crippen LogP) is 0.834. The van der Waals surface area contributed by atoms with Gasteiger partial charge in [-0.3, -0.25) is 9.89 Å². The molecular formula is C16H30IN7S. The van der Waals surface area contributed by atoms with Crippen LogP contribution in [0.25, 0.3) is 0 Å². The Morgan fingerprint density at radius 3 is 2.48 bits per heavy atom.